The Kier molecular flexibility index (Phi) is 3.64. The van der Waals surface area contributed by atoms with Crippen LogP contribution in [0.3, 0.4) is 0 Å². The van der Waals surface area contributed by atoms with Gasteiger partial charge in [0.2, 0.25) is 0 Å². The van der Waals surface area contributed by atoms with Gasteiger partial charge in [0, 0.05) is 5.75 Å². The smallest absolute Gasteiger partial charge is 0.321 e. The summed E-state index contributed by atoms with van der Waals surface area (Å²) in [5.74, 6) is -0.309. The van der Waals surface area contributed by atoms with E-state index in [1.807, 2.05) is 6.07 Å². The van der Waals surface area contributed by atoms with Crippen molar-refractivity contribution in [3.05, 3.63) is 33.8 Å². The fourth-order valence-electron chi connectivity index (χ4n) is 1.52. The number of thioether (sulfide) groups is 1. The molecule has 6 heteroatoms. The maximum absolute atomic E-state index is 10.8. The van der Waals surface area contributed by atoms with E-state index in [-0.39, 0.29) is 5.37 Å². The van der Waals surface area contributed by atoms with Gasteiger partial charge in [-0.15, -0.1) is 11.8 Å². The van der Waals surface area contributed by atoms with Crippen molar-refractivity contribution in [2.45, 2.75) is 11.4 Å². The Labute approximate surface area is 107 Å². The predicted molar refractivity (Wildman–Crippen MR) is 66.2 cm³/mol. The molecule has 2 atom stereocenters. The molecule has 0 amide bonds. The third kappa shape index (κ3) is 2.30. The number of benzene rings is 1. The molecule has 3 nitrogen and oxygen atoms in total. The molecule has 1 aliphatic heterocycles. The lowest BCUT2D eigenvalue weighted by Crippen LogP contribution is -2.33. The summed E-state index contributed by atoms with van der Waals surface area (Å²) in [5.41, 5.74) is 0.836. The topological polar surface area (TPSA) is 49.3 Å². The zero-order valence-electron chi connectivity index (χ0n) is 8.11. The van der Waals surface area contributed by atoms with Crippen LogP contribution >= 0.6 is 35.0 Å². The molecular weight excluding hydrogens is 269 g/mol. The highest BCUT2D eigenvalue weighted by molar-refractivity contribution is 7.99. The molecule has 1 aromatic carbocycles. The molecule has 2 rings (SSSR count). The molecule has 0 aromatic heterocycles. The van der Waals surface area contributed by atoms with Crippen molar-refractivity contribution in [3.63, 3.8) is 0 Å². The average Bonchev–Trinajstić information content (AvgIpc) is 2.71. The molecule has 0 bridgehead atoms. The maximum atomic E-state index is 10.8. The van der Waals surface area contributed by atoms with Gasteiger partial charge < -0.3 is 5.11 Å². The zero-order valence-corrected chi connectivity index (χ0v) is 10.4. The van der Waals surface area contributed by atoms with Crippen molar-refractivity contribution in [1.82, 2.24) is 5.32 Å². The van der Waals surface area contributed by atoms with E-state index in [0.29, 0.717) is 15.8 Å². The third-order valence-corrected chi connectivity index (χ3v) is 4.43. The van der Waals surface area contributed by atoms with Gasteiger partial charge in [-0.05, 0) is 11.6 Å². The number of carboxylic acids is 1. The van der Waals surface area contributed by atoms with Crippen LogP contribution in [0.5, 0.6) is 0 Å². The summed E-state index contributed by atoms with van der Waals surface area (Å²) in [5, 5.41) is 12.7. The van der Waals surface area contributed by atoms with Crippen molar-refractivity contribution in [2.75, 3.05) is 5.75 Å². The summed E-state index contributed by atoms with van der Waals surface area (Å²) < 4.78 is 0. The Morgan fingerprint density at radius 3 is 2.88 bits per heavy atom. The Morgan fingerprint density at radius 1 is 1.50 bits per heavy atom. The number of hydrogen-bond acceptors (Lipinski definition) is 3. The van der Waals surface area contributed by atoms with Gasteiger partial charge in [-0.2, -0.15) is 0 Å². The van der Waals surface area contributed by atoms with Crippen LogP contribution in [0.1, 0.15) is 10.9 Å². The van der Waals surface area contributed by atoms with E-state index in [4.69, 9.17) is 28.3 Å². The van der Waals surface area contributed by atoms with E-state index >= 15 is 0 Å². The van der Waals surface area contributed by atoms with Crippen molar-refractivity contribution in [2.24, 2.45) is 0 Å². The summed E-state index contributed by atoms with van der Waals surface area (Å²) in [7, 11) is 0. The molecule has 1 aliphatic rings. The van der Waals surface area contributed by atoms with Gasteiger partial charge in [-0.25, -0.2) is 0 Å². The lowest BCUT2D eigenvalue weighted by Gasteiger charge is -2.13. The summed E-state index contributed by atoms with van der Waals surface area (Å²) in [6, 6.07) is 4.84. The second-order valence-corrected chi connectivity index (χ2v) is 5.34. The first-order valence-corrected chi connectivity index (χ1v) is 6.44. The molecule has 0 spiro atoms. The monoisotopic (exact) mass is 277 g/mol. The minimum atomic E-state index is -0.840. The lowest BCUT2D eigenvalue weighted by atomic mass is 10.2. The van der Waals surface area contributed by atoms with E-state index < -0.39 is 12.0 Å². The van der Waals surface area contributed by atoms with Crippen molar-refractivity contribution < 1.29 is 9.90 Å². The third-order valence-electron chi connectivity index (χ3n) is 2.34. The van der Waals surface area contributed by atoms with Crippen LogP contribution in [-0.2, 0) is 4.79 Å². The van der Waals surface area contributed by atoms with Gasteiger partial charge in [0.05, 0.1) is 15.4 Å². The fraction of sp³-hybridized carbons (Fsp3) is 0.300. The van der Waals surface area contributed by atoms with Crippen LogP contribution < -0.4 is 5.32 Å². The highest BCUT2D eigenvalue weighted by Crippen LogP contribution is 2.38. The van der Waals surface area contributed by atoms with Crippen LogP contribution in [0.2, 0.25) is 10.0 Å². The van der Waals surface area contributed by atoms with Crippen molar-refractivity contribution in [1.29, 1.82) is 0 Å². The Hall–Kier alpha value is -0.420. The number of rotatable bonds is 2. The molecule has 1 heterocycles. The molecule has 86 valence electrons. The molecule has 16 heavy (non-hydrogen) atoms. The molecule has 1 aromatic rings. The van der Waals surface area contributed by atoms with Gasteiger partial charge in [-0.1, -0.05) is 35.3 Å². The van der Waals surface area contributed by atoms with E-state index in [0.717, 1.165) is 5.56 Å². The highest BCUT2D eigenvalue weighted by atomic mass is 35.5. The minimum absolute atomic E-state index is 0.104. The Balaban J connectivity index is 2.21. The van der Waals surface area contributed by atoms with Crippen LogP contribution in [0.4, 0.5) is 0 Å². The first-order chi connectivity index (χ1) is 7.59. The lowest BCUT2D eigenvalue weighted by molar-refractivity contribution is -0.138. The van der Waals surface area contributed by atoms with Crippen LogP contribution in [0.15, 0.2) is 18.2 Å². The minimum Gasteiger partial charge on any atom is -0.480 e. The molecule has 0 aliphatic carbocycles. The summed E-state index contributed by atoms with van der Waals surface area (Å²) in [6.45, 7) is 0. The van der Waals surface area contributed by atoms with Crippen LogP contribution in [-0.4, -0.2) is 22.9 Å². The first kappa shape index (κ1) is 12.0. The summed E-state index contributed by atoms with van der Waals surface area (Å²) in [6.07, 6.45) is 0. The standard InChI is InChI=1S/C10H9Cl2NO2S/c11-6-3-1-2-5(8(6)12)9-13-7(4-16-9)10(14)15/h1-3,7,9,13H,4H2,(H,14,15)/t7?,9-/m0/s1. The molecule has 1 saturated heterocycles. The number of halogens is 2. The fourth-order valence-corrected chi connectivity index (χ4v) is 3.26. The van der Waals surface area contributed by atoms with Crippen molar-refractivity contribution >= 4 is 40.9 Å². The molecule has 0 radical (unpaired) electrons. The average molecular weight is 278 g/mol. The van der Waals surface area contributed by atoms with E-state index in [2.05, 4.69) is 5.32 Å². The second kappa shape index (κ2) is 4.84. The summed E-state index contributed by atoms with van der Waals surface area (Å²) >= 11 is 13.5. The zero-order chi connectivity index (χ0) is 11.7. The number of hydrogen-bond donors (Lipinski definition) is 2. The predicted octanol–water partition coefficient (Wildman–Crippen LogP) is 2.78. The SMILES string of the molecule is O=C(O)C1CS[C@@H](c2cccc(Cl)c2Cl)N1. The summed E-state index contributed by atoms with van der Waals surface area (Å²) in [4.78, 5) is 10.8. The van der Waals surface area contributed by atoms with E-state index in [1.165, 1.54) is 11.8 Å². The van der Waals surface area contributed by atoms with Crippen molar-refractivity contribution in [3.8, 4) is 0 Å². The van der Waals surface area contributed by atoms with Gasteiger partial charge >= 0.3 is 5.97 Å². The van der Waals surface area contributed by atoms with Gasteiger partial charge in [0.15, 0.2) is 0 Å². The quantitative estimate of drug-likeness (QED) is 0.873. The highest BCUT2D eigenvalue weighted by Gasteiger charge is 2.31. The molecule has 1 unspecified atom stereocenters. The second-order valence-electron chi connectivity index (χ2n) is 3.41. The Morgan fingerprint density at radius 2 is 2.25 bits per heavy atom. The number of aliphatic carboxylic acids is 1. The van der Waals surface area contributed by atoms with Gasteiger partial charge in [0.1, 0.15) is 6.04 Å². The largest absolute Gasteiger partial charge is 0.480 e. The van der Waals surface area contributed by atoms with Gasteiger partial charge in [0.25, 0.3) is 0 Å². The van der Waals surface area contributed by atoms with E-state index in [1.54, 1.807) is 12.1 Å². The normalized spacial score (nSPS) is 24.6. The molecule has 1 fully saturated rings. The van der Waals surface area contributed by atoms with Crippen LogP contribution in [0, 0.1) is 0 Å². The first-order valence-electron chi connectivity index (χ1n) is 4.64. The molecule has 2 N–H and O–H groups in total. The number of carbonyl (C=O) groups is 1. The van der Waals surface area contributed by atoms with E-state index in [9.17, 15) is 4.79 Å². The molecule has 0 saturated carbocycles. The molecular formula is C10H9Cl2NO2S. The van der Waals surface area contributed by atoms with Gasteiger partial charge in [-0.3, -0.25) is 10.1 Å². The number of nitrogens with one attached hydrogen (secondary N) is 1. The maximum Gasteiger partial charge on any atom is 0.321 e. The Bertz CT molecular complexity index is 427. The van der Waals surface area contributed by atoms with Crippen LogP contribution in [0.25, 0.3) is 0 Å². The number of carboxylic acid groups (broad SMARTS) is 1.